The summed E-state index contributed by atoms with van der Waals surface area (Å²) in [6.45, 7) is 2.64. The van der Waals surface area contributed by atoms with Gasteiger partial charge in [-0.25, -0.2) is 0 Å². The van der Waals surface area contributed by atoms with Gasteiger partial charge in [0.15, 0.2) is 18.1 Å². The molecule has 25 heavy (non-hydrogen) atoms. The first-order valence-corrected chi connectivity index (χ1v) is 8.43. The predicted octanol–water partition coefficient (Wildman–Crippen LogP) is 4.10. The normalized spacial score (nSPS) is 10.2. The molecule has 0 saturated heterocycles. The average molecular weight is 384 g/mol. The molecule has 0 fully saturated rings. The fourth-order valence-electron chi connectivity index (χ4n) is 2.08. The SMILES string of the molecule is CCOc1ccc(CNC(=O)COc2cc(Cl)ccc2Cl)cc1OC. The number of carbonyl (C=O) groups is 1. The lowest BCUT2D eigenvalue weighted by Gasteiger charge is -2.12. The van der Waals surface area contributed by atoms with Gasteiger partial charge in [0.05, 0.1) is 18.7 Å². The van der Waals surface area contributed by atoms with Gasteiger partial charge in [0.25, 0.3) is 5.91 Å². The molecule has 2 aromatic rings. The van der Waals surface area contributed by atoms with Gasteiger partial charge in [0, 0.05) is 17.6 Å². The van der Waals surface area contributed by atoms with Crippen LogP contribution in [0.4, 0.5) is 0 Å². The first-order valence-electron chi connectivity index (χ1n) is 7.67. The lowest BCUT2D eigenvalue weighted by molar-refractivity contribution is -0.123. The van der Waals surface area contributed by atoms with Crippen LogP contribution in [0.15, 0.2) is 36.4 Å². The lowest BCUT2D eigenvalue weighted by Crippen LogP contribution is -2.28. The summed E-state index contributed by atoms with van der Waals surface area (Å²) < 4.78 is 16.1. The van der Waals surface area contributed by atoms with E-state index in [-0.39, 0.29) is 12.5 Å². The Kier molecular flexibility index (Phi) is 7.22. The number of methoxy groups -OCH3 is 1. The van der Waals surface area contributed by atoms with Gasteiger partial charge >= 0.3 is 0 Å². The van der Waals surface area contributed by atoms with E-state index in [9.17, 15) is 4.79 Å². The number of rotatable bonds is 8. The molecule has 0 aromatic heterocycles. The fraction of sp³-hybridized carbons (Fsp3) is 0.278. The van der Waals surface area contributed by atoms with Crippen LogP contribution in [0.25, 0.3) is 0 Å². The highest BCUT2D eigenvalue weighted by Crippen LogP contribution is 2.28. The monoisotopic (exact) mass is 383 g/mol. The Morgan fingerprint density at radius 2 is 1.84 bits per heavy atom. The molecule has 0 atom stereocenters. The van der Waals surface area contributed by atoms with Crippen LogP contribution in [-0.4, -0.2) is 26.2 Å². The second kappa shape index (κ2) is 9.39. The molecule has 0 aliphatic rings. The summed E-state index contributed by atoms with van der Waals surface area (Å²) in [5.74, 6) is 1.38. The maximum absolute atomic E-state index is 11.9. The zero-order valence-electron chi connectivity index (χ0n) is 14.0. The number of ether oxygens (including phenoxy) is 3. The van der Waals surface area contributed by atoms with E-state index in [1.807, 2.05) is 25.1 Å². The van der Waals surface area contributed by atoms with E-state index >= 15 is 0 Å². The highest BCUT2D eigenvalue weighted by Gasteiger charge is 2.09. The van der Waals surface area contributed by atoms with Gasteiger partial charge in [0.2, 0.25) is 0 Å². The summed E-state index contributed by atoms with van der Waals surface area (Å²) in [5.41, 5.74) is 0.884. The first kappa shape index (κ1) is 19.2. The van der Waals surface area contributed by atoms with E-state index in [2.05, 4.69) is 5.32 Å². The predicted molar refractivity (Wildman–Crippen MR) is 98.0 cm³/mol. The zero-order chi connectivity index (χ0) is 18.2. The Balaban J connectivity index is 1.88. The van der Waals surface area contributed by atoms with E-state index in [4.69, 9.17) is 37.4 Å². The van der Waals surface area contributed by atoms with E-state index in [0.717, 1.165) is 5.56 Å². The van der Waals surface area contributed by atoms with Crippen LogP contribution in [0.1, 0.15) is 12.5 Å². The average Bonchev–Trinajstić information content (AvgIpc) is 2.61. The summed E-state index contributed by atoms with van der Waals surface area (Å²) in [5, 5.41) is 3.65. The van der Waals surface area contributed by atoms with Crippen LogP contribution >= 0.6 is 23.2 Å². The van der Waals surface area contributed by atoms with Gasteiger partial charge in [-0.15, -0.1) is 0 Å². The molecule has 0 unspecified atom stereocenters. The molecular formula is C18H19Cl2NO4. The van der Waals surface area contributed by atoms with Crippen molar-refractivity contribution in [2.24, 2.45) is 0 Å². The van der Waals surface area contributed by atoms with E-state index in [1.54, 1.807) is 25.3 Å². The molecule has 0 aliphatic carbocycles. The van der Waals surface area contributed by atoms with Crippen molar-refractivity contribution in [2.75, 3.05) is 20.3 Å². The van der Waals surface area contributed by atoms with Crippen LogP contribution < -0.4 is 19.5 Å². The van der Waals surface area contributed by atoms with Crippen molar-refractivity contribution in [1.82, 2.24) is 5.32 Å². The standard InChI is InChI=1S/C18H19Cl2NO4/c1-3-24-15-7-4-12(8-17(15)23-2)10-21-18(22)11-25-16-9-13(19)5-6-14(16)20/h4-9H,3,10-11H2,1-2H3,(H,21,22). The van der Waals surface area contributed by atoms with Gasteiger partial charge in [-0.2, -0.15) is 0 Å². The molecule has 0 saturated carbocycles. The molecule has 0 heterocycles. The van der Waals surface area contributed by atoms with Crippen LogP contribution in [0.5, 0.6) is 17.2 Å². The minimum atomic E-state index is -0.274. The first-order chi connectivity index (χ1) is 12.0. The summed E-state index contributed by atoms with van der Waals surface area (Å²) in [7, 11) is 1.57. The Morgan fingerprint density at radius 3 is 2.56 bits per heavy atom. The molecule has 2 aromatic carbocycles. The third-order valence-electron chi connectivity index (χ3n) is 3.27. The van der Waals surface area contributed by atoms with Crippen molar-refractivity contribution < 1.29 is 19.0 Å². The Bertz CT molecular complexity index is 737. The lowest BCUT2D eigenvalue weighted by atomic mass is 10.2. The van der Waals surface area contributed by atoms with E-state index in [0.29, 0.717) is 40.4 Å². The smallest absolute Gasteiger partial charge is 0.258 e. The van der Waals surface area contributed by atoms with Gasteiger partial charge in [0.1, 0.15) is 5.75 Å². The fourth-order valence-corrected chi connectivity index (χ4v) is 2.41. The summed E-state index contributed by atoms with van der Waals surface area (Å²) in [4.78, 5) is 11.9. The third kappa shape index (κ3) is 5.73. The summed E-state index contributed by atoms with van der Waals surface area (Å²) in [6, 6.07) is 10.3. The van der Waals surface area contributed by atoms with Gasteiger partial charge in [-0.05, 0) is 36.8 Å². The van der Waals surface area contributed by atoms with Crippen molar-refractivity contribution in [3.05, 3.63) is 52.0 Å². The Labute approximate surface area is 156 Å². The topological polar surface area (TPSA) is 56.8 Å². The number of carbonyl (C=O) groups excluding carboxylic acids is 1. The molecule has 134 valence electrons. The molecule has 0 spiro atoms. The molecule has 5 nitrogen and oxygen atoms in total. The highest BCUT2D eigenvalue weighted by atomic mass is 35.5. The summed E-state index contributed by atoms with van der Waals surface area (Å²) in [6.07, 6.45) is 0. The maximum Gasteiger partial charge on any atom is 0.258 e. The molecule has 1 N–H and O–H groups in total. The van der Waals surface area contributed by atoms with Crippen LogP contribution in [0.3, 0.4) is 0 Å². The third-order valence-corrected chi connectivity index (χ3v) is 3.82. The van der Waals surface area contributed by atoms with Gasteiger partial charge < -0.3 is 19.5 Å². The molecular weight excluding hydrogens is 365 g/mol. The second-order valence-electron chi connectivity index (χ2n) is 5.06. The molecule has 0 bridgehead atoms. The minimum Gasteiger partial charge on any atom is -0.493 e. The number of halogens is 2. The van der Waals surface area contributed by atoms with E-state index < -0.39 is 0 Å². The highest BCUT2D eigenvalue weighted by molar-refractivity contribution is 6.34. The summed E-state index contributed by atoms with van der Waals surface area (Å²) >= 11 is 11.9. The Hall–Kier alpha value is -2.11. The van der Waals surface area contributed by atoms with Crippen molar-refractivity contribution in [3.8, 4) is 17.2 Å². The second-order valence-corrected chi connectivity index (χ2v) is 5.90. The van der Waals surface area contributed by atoms with Crippen LogP contribution in [0.2, 0.25) is 10.0 Å². The molecule has 2 rings (SSSR count). The van der Waals surface area contributed by atoms with Gasteiger partial charge in [-0.1, -0.05) is 29.3 Å². The minimum absolute atomic E-state index is 0.159. The van der Waals surface area contributed by atoms with Crippen molar-refractivity contribution in [3.63, 3.8) is 0 Å². The van der Waals surface area contributed by atoms with Crippen molar-refractivity contribution in [1.29, 1.82) is 0 Å². The molecule has 7 heteroatoms. The largest absolute Gasteiger partial charge is 0.493 e. The number of nitrogens with one attached hydrogen (secondary N) is 1. The van der Waals surface area contributed by atoms with E-state index in [1.165, 1.54) is 0 Å². The van der Waals surface area contributed by atoms with Crippen molar-refractivity contribution >= 4 is 29.1 Å². The van der Waals surface area contributed by atoms with Gasteiger partial charge in [-0.3, -0.25) is 4.79 Å². The van der Waals surface area contributed by atoms with Crippen LogP contribution in [0, 0.1) is 0 Å². The van der Waals surface area contributed by atoms with Crippen LogP contribution in [-0.2, 0) is 11.3 Å². The molecule has 0 radical (unpaired) electrons. The van der Waals surface area contributed by atoms with Crippen molar-refractivity contribution in [2.45, 2.75) is 13.5 Å². The quantitative estimate of drug-likeness (QED) is 0.745. The number of hydrogen-bond acceptors (Lipinski definition) is 4. The maximum atomic E-state index is 11.9. The number of hydrogen-bond donors (Lipinski definition) is 1. The zero-order valence-corrected chi connectivity index (χ0v) is 15.5. The molecule has 1 amide bonds. The number of amides is 1. The number of benzene rings is 2. The molecule has 0 aliphatic heterocycles. The Morgan fingerprint density at radius 1 is 1.04 bits per heavy atom.